The fraction of sp³-hybridized carbons (Fsp3) is 0.0625. The van der Waals surface area contributed by atoms with Crippen molar-refractivity contribution in [2.75, 3.05) is 5.32 Å². The topological polar surface area (TPSA) is 101 Å². The number of benzene rings is 2. The zero-order valence-corrected chi connectivity index (χ0v) is 11.6. The van der Waals surface area contributed by atoms with Gasteiger partial charge in [-0.3, -0.25) is 9.59 Å². The van der Waals surface area contributed by atoms with Crippen LogP contribution in [0.1, 0.15) is 11.6 Å². The van der Waals surface area contributed by atoms with Crippen molar-refractivity contribution in [1.29, 1.82) is 0 Å². The predicted molar refractivity (Wildman–Crippen MR) is 84.4 cm³/mol. The second-order valence-corrected chi connectivity index (χ2v) is 4.84. The van der Waals surface area contributed by atoms with Gasteiger partial charge >= 0.3 is 0 Å². The highest BCUT2D eigenvalue weighted by Crippen LogP contribution is 2.17. The van der Waals surface area contributed by atoms with E-state index in [0.29, 0.717) is 16.6 Å². The number of aromatic nitrogens is 2. The molecule has 0 aliphatic heterocycles. The van der Waals surface area contributed by atoms with E-state index in [1.54, 1.807) is 30.3 Å². The Labute approximate surface area is 126 Å². The Hall–Kier alpha value is -2.99. The van der Waals surface area contributed by atoms with Crippen LogP contribution in [0.15, 0.2) is 59.7 Å². The summed E-state index contributed by atoms with van der Waals surface area (Å²) in [6.07, 6.45) is 1.33. The van der Waals surface area contributed by atoms with Crippen molar-refractivity contribution >= 4 is 22.5 Å². The first kappa shape index (κ1) is 14.0. The van der Waals surface area contributed by atoms with Crippen LogP contribution in [0.5, 0.6) is 0 Å². The van der Waals surface area contributed by atoms with Crippen molar-refractivity contribution in [2.45, 2.75) is 6.04 Å². The average molecular weight is 294 g/mol. The van der Waals surface area contributed by atoms with Crippen LogP contribution in [-0.2, 0) is 4.79 Å². The summed E-state index contributed by atoms with van der Waals surface area (Å²) in [5.74, 6) is -0.324. The monoisotopic (exact) mass is 294 g/mol. The second kappa shape index (κ2) is 5.79. The van der Waals surface area contributed by atoms with Crippen molar-refractivity contribution in [2.24, 2.45) is 5.73 Å². The molecule has 0 saturated carbocycles. The molecule has 3 rings (SSSR count). The smallest absolute Gasteiger partial charge is 0.258 e. The Morgan fingerprint density at radius 1 is 1.18 bits per heavy atom. The number of fused-ring (bicyclic) bond motifs is 1. The lowest BCUT2D eigenvalue weighted by atomic mass is 10.1. The summed E-state index contributed by atoms with van der Waals surface area (Å²) in [6.45, 7) is 0. The number of nitrogens with zero attached hydrogens (tertiary/aromatic N) is 1. The van der Waals surface area contributed by atoms with Crippen LogP contribution in [0.4, 0.5) is 5.69 Å². The van der Waals surface area contributed by atoms with E-state index in [2.05, 4.69) is 15.3 Å². The Bertz CT molecular complexity index is 874. The maximum atomic E-state index is 12.2. The second-order valence-electron chi connectivity index (χ2n) is 4.84. The molecule has 4 N–H and O–H groups in total. The zero-order chi connectivity index (χ0) is 15.5. The molecule has 3 aromatic rings. The number of H-pyrrole nitrogens is 1. The number of carbonyl (C=O) groups is 1. The van der Waals surface area contributed by atoms with E-state index in [4.69, 9.17) is 5.73 Å². The third-order valence-corrected chi connectivity index (χ3v) is 3.35. The van der Waals surface area contributed by atoms with Gasteiger partial charge in [-0.15, -0.1) is 0 Å². The minimum absolute atomic E-state index is 0.219. The van der Waals surface area contributed by atoms with Gasteiger partial charge in [0, 0.05) is 5.69 Å². The van der Waals surface area contributed by atoms with Gasteiger partial charge in [-0.05, 0) is 23.8 Å². The number of amides is 1. The molecule has 0 bridgehead atoms. The summed E-state index contributed by atoms with van der Waals surface area (Å²) < 4.78 is 0. The summed E-state index contributed by atoms with van der Waals surface area (Å²) >= 11 is 0. The number of nitrogens with two attached hydrogens (primary N) is 1. The molecule has 0 saturated heterocycles. The molecule has 1 atom stereocenters. The number of aromatic amines is 1. The minimum Gasteiger partial charge on any atom is -0.324 e. The SMILES string of the molecule is NC(C(=O)Nc1ccc2c(=O)[nH]cnc2c1)c1ccccc1. The Kier molecular flexibility index (Phi) is 3.67. The minimum atomic E-state index is -0.760. The third kappa shape index (κ3) is 2.72. The number of nitrogens with one attached hydrogen (secondary N) is 2. The largest absolute Gasteiger partial charge is 0.324 e. The van der Waals surface area contributed by atoms with Gasteiger partial charge in [0.2, 0.25) is 5.91 Å². The Morgan fingerprint density at radius 3 is 2.73 bits per heavy atom. The van der Waals surface area contributed by atoms with E-state index in [1.807, 2.05) is 18.2 Å². The molecule has 0 spiro atoms. The van der Waals surface area contributed by atoms with Gasteiger partial charge in [-0.25, -0.2) is 4.98 Å². The molecule has 110 valence electrons. The highest BCUT2D eigenvalue weighted by atomic mass is 16.2. The van der Waals surface area contributed by atoms with E-state index in [9.17, 15) is 9.59 Å². The van der Waals surface area contributed by atoms with Gasteiger partial charge in [-0.1, -0.05) is 30.3 Å². The molecular weight excluding hydrogens is 280 g/mol. The summed E-state index contributed by atoms with van der Waals surface area (Å²) in [5.41, 5.74) is 7.51. The maximum absolute atomic E-state index is 12.2. The first-order valence-corrected chi connectivity index (χ1v) is 6.74. The summed E-state index contributed by atoms with van der Waals surface area (Å²) in [4.78, 5) is 30.4. The van der Waals surface area contributed by atoms with E-state index in [-0.39, 0.29) is 11.5 Å². The normalized spacial score (nSPS) is 12.0. The standard InChI is InChI=1S/C16H14N4O2/c17-14(10-4-2-1-3-5-10)16(22)20-11-6-7-12-13(8-11)18-9-19-15(12)21/h1-9,14H,17H2,(H,20,22)(H,18,19,21). The molecule has 6 nitrogen and oxygen atoms in total. The first-order chi connectivity index (χ1) is 10.6. The van der Waals surface area contributed by atoms with Gasteiger partial charge in [0.05, 0.1) is 17.2 Å². The summed E-state index contributed by atoms with van der Waals surface area (Å²) in [6, 6.07) is 13.3. The molecule has 1 aromatic heterocycles. The Balaban J connectivity index is 1.84. The van der Waals surface area contributed by atoms with Gasteiger partial charge in [0.1, 0.15) is 6.04 Å². The number of carbonyl (C=O) groups excluding carboxylic acids is 1. The molecule has 0 fully saturated rings. The number of rotatable bonds is 3. The molecule has 1 unspecified atom stereocenters. The van der Waals surface area contributed by atoms with Crippen LogP contribution in [0, 0.1) is 0 Å². The average Bonchev–Trinajstić information content (AvgIpc) is 2.55. The van der Waals surface area contributed by atoms with Crippen molar-refractivity contribution in [3.63, 3.8) is 0 Å². The Morgan fingerprint density at radius 2 is 1.95 bits per heavy atom. The molecule has 6 heteroatoms. The number of hydrogen-bond donors (Lipinski definition) is 3. The molecule has 0 aliphatic rings. The van der Waals surface area contributed by atoms with Crippen LogP contribution in [0.2, 0.25) is 0 Å². The first-order valence-electron chi connectivity index (χ1n) is 6.74. The lowest BCUT2D eigenvalue weighted by Crippen LogP contribution is -2.27. The molecule has 0 radical (unpaired) electrons. The van der Waals surface area contributed by atoms with Crippen LogP contribution in [0.25, 0.3) is 10.9 Å². The molecule has 22 heavy (non-hydrogen) atoms. The van der Waals surface area contributed by atoms with E-state index < -0.39 is 6.04 Å². The van der Waals surface area contributed by atoms with E-state index >= 15 is 0 Å². The van der Waals surface area contributed by atoms with Crippen molar-refractivity contribution in [3.05, 3.63) is 70.8 Å². The fourth-order valence-corrected chi connectivity index (χ4v) is 2.18. The molecule has 1 amide bonds. The lowest BCUT2D eigenvalue weighted by molar-refractivity contribution is -0.117. The van der Waals surface area contributed by atoms with Crippen molar-refractivity contribution in [1.82, 2.24) is 9.97 Å². The van der Waals surface area contributed by atoms with Gasteiger partial charge < -0.3 is 16.0 Å². The van der Waals surface area contributed by atoms with Gasteiger partial charge in [0.15, 0.2) is 0 Å². The highest BCUT2D eigenvalue weighted by Gasteiger charge is 2.15. The van der Waals surface area contributed by atoms with E-state index in [0.717, 1.165) is 5.56 Å². The zero-order valence-electron chi connectivity index (χ0n) is 11.6. The van der Waals surface area contributed by atoms with Crippen LogP contribution in [0.3, 0.4) is 0 Å². The molecular formula is C16H14N4O2. The maximum Gasteiger partial charge on any atom is 0.258 e. The number of anilines is 1. The van der Waals surface area contributed by atoms with Gasteiger partial charge in [0.25, 0.3) is 5.56 Å². The van der Waals surface area contributed by atoms with Gasteiger partial charge in [-0.2, -0.15) is 0 Å². The fourth-order valence-electron chi connectivity index (χ4n) is 2.18. The van der Waals surface area contributed by atoms with Crippen LogP contribution < -0.4 is 16.6 Å². The summed E-state index contributed by atoms with van der Waals surface area (Å²) in [7, 11) is 0. The third-order valence-electron chi connectivity index (χ3n) is 3.35. The van der Waals surface area contributed by atoms with E-state index in [1.165, 1.54) is 6.33 Å². The molecule has 0 aliphatic carbocycles. The van der Waals surface area contributed by atoms with Crippen molar-refractivity contribution in [3.8, 4) is 0 Å². The quantitative estimate of drug-likeness (QED) is 0.682. The molecule has 2 aromatic carbocycles. The summed E-state index contributed by atoms with van der Waals surface area (Å²) in [5, 5.41) is 3.20. The van der Waals surface area contributed by atoms with Crippen LogP contribution >= 0.6 is 0 Å². The number of hydrogen-bond acceptors (Lipinski definition) is 4. The molecule has 1 heterocycles. The van der Waals surface area contributed by atoms with Crippen LogP contribution in [-0.4, -0.2) is 15.9 Å². The lowest BCUT2D eigenvalue weighted by Gasteiger charge is -2.12. The van der Waals surface area contributed by atoms with Crippen molar-refractivity contribution < 1.29 is 4.79 Å². The predicted octanol–water partition coefficient (Wildman–Crippen LogP) is 1.56. The highest BCUT2D eigenvalue weighted by molar-refractivity contribution is 5.97.